The Balaban J connectivity index is 1.85. The van der Waals surface area contributed by atoms with E-state index in [0.29, 0.717) is 0 Å². The van der Waals surface area contributed by atoms with Gasteiger partial charge < -0.3 is 10.2 Å². The molecule has 82 valence electrons. The molecule has 2 heteroatoms. The zero-order chi connectivity index (χ0) is 9.80. The fourth-order valence-corrected chi connectivity index (χ4v) is 3.11. The van der Waals surface area contributed by atoms with Crippen molar-refractivity contribution in [2.24, 2.45) is 11.8 Å². The monoisotopic (exact) mass is 196 g/mol. The SMILES string of the molecule is CN1CCCC(C2CCCNCC2)C1. The molecule has 0 radical (unpaired) electrons. The van der Waals surface area contributed by atoms with Gasteiger partial charge in [-0.05, 0) is 70.6 Å². The zero-order valence-electron chi connectivity index (χ0n) is 9.47. The summed E-state index contributed by atoms with van der Waals surface area (Å²) in [7, 11) is 2.28. The summed E-state index contributed by atoms with van der Waals surface area (Å²) in [4.78, 5) is 2.52. The Hall–Kier alpha value is -0.0800. The van der Waals surface area contributed by atoms with Crippen LogP contribution in [0.5, 0.6) is 0 Å². The highest BCUT2D eigenvalue weighted by Gasteiger charge is 2.25. The third-order valence-electron chi connectivity index (χ3n) is 3.95. The summed E-state index contributed by atoms with van der Waals surface area (Å²) in [5.74, 6) is 2.00. The Morgan fingerprint density at radius 1 is 1.00 bits per heavy atom. The molecule has 0 aliphatic carbocycles. The normalized spacial score (nSPS) is 36.6. The van der Waals surface area contributed by atoms with Crippen molar-refractivity contribution >= 4 is 0 Å². The summed E-state index contributed by atoms with van der Waals surface area (Å²) < 4.78 is 0. The first-order valence-corrected chi connectivity index (χ1v) is 6.25. The van der Waals surface area contributed by atoms with Crippen molar-refractivity contribution in [3.63, 3.8) is 0 Å². The third kappa shape index (κ3) is 2.71. The summed E-state index contributed by atoms with van der Waals surface area (Å²) in [6.07, 6.45) is 7.18. The second-order valence-electron chi connectivity index (χ2n) is 5.11. The maximum atomic E-state index is 3.51. The molecule has 2 unspecified atom stereocenters. The van der Waals surface area contributed by atoms with Crippen molar-refractivity contribution in [1.82, 2.24) is 10.2 Å². The average Bonchev–Trinajstić information content (AvgIpc) is 2.45. The van der Waals surface area contributed by atoms with Crippen LogP contribution in [0, 0.1) is 11.8 Å². The lowest BCUT2D eigenvalue weighted by Gasteiger charge is -2.34. The summed E-state index contributed by atoms with van der Waals surface area (Å²) >= 11 is 0. The summed E-state index contributed by atoms with van der Waals surface area (Å²) in [6, 6.07) is 0. The highest BCUT2D eigenvalue weighted by molar-refractivity contribution is 4.79. The van der Waals surface area contributed by atoms with Gasteiger partial charge >= 0.3 is 0 Å². The molecule has 2 heterocycles. The van der Waals surface area contributed by atoms with Crippen molar-refractivity contribution in [1.29, 1.82) is 0 Å². The van der Waals surface area contributed by atoms with Gasteiger partial charge in [0.1, 0.15) is 0 Å². The lowest BCUT2D eigenvalue weighted by atomic mass is 9.81. The van der Waals surface area contributed by atoms with E-state index in [-0.39, 0.29) is 0 Å². The predicted molar refractivity (Wildman–Crippen MR) is 60.4 cm³/mol. The molecular formula is C12H24N2. The first-order valence-electron chi connectivity index (χ1n) is 6.25. The molecule has 0 saturated carbocycles. The van der Waals surface area contributed by atoms with Crippen molar-refractivity contribution < 1.29 is 0 Å². The minimum Gasteiger partial charge on any atom is -0.317 e. The van der Waals surface area contributed by atoms with Crippen LogP contribution in [0.25, 0.3) is 0 Å². The smallest absolute Gasteiger partial charge is 0.000927 e. The minimum absolute atomic E-state index is 0.994. The molecular weight excluding hydrogens is 172 g/mol. The van der Waals surface area contributed by atoms with Gasteiger partial charge in [0.15, 0.2) is 0 Å². The molecule has 1 N–H and O–H groups in total. The van der Waals surface area contributed by atoms with Crippen molar-refractivity contribution in [3.05, 3.63) is 0 Å². The lowest BCUT2D eigenvalue weighted by molar-refractivity contribution is 0.151. The van der Waals surface area contributed by atoms with Gasteiger partial charge in [0, 0.05) is 6.54 Å². The molecule has 0 amide bonds. The highest BCUT2D eigenvalue weighted by Crippen LogP contribution is 2.29. The quantitative estimate of drug-likeness (QED) is 0.687. The number of hydrogen-bond donors (Lipinski definition) is 1. The average molecular weight is 196 g/mol. The van der Waals surface area contributed by atoms with Crippen molar-refractivity contribution in [2.75, 3.05) is 33.2 Å². The standard InChI is InChI=1S/C12H24N2/c1-14-9-3-5-12(10-14)11-4-2-7-13-8-6-11/h11-13H,2-10H2,1H3. The first-order chi connectivity index (χ1) is 6.86. The summed E-state index contributed by atoms with van der Waals surface area (Å²) in [5, 5.41) is 3.51. The molecule has 0 aromatic rings. The second-order valence-corrected chi connectivity index (χ2v) is 5.11. The second kappa shape index (κ2) is 5.13. The molecule has 2 aliphatic heterocycles. The van der Waals surface area contributed by atoms with Gasteiger partial charge in [-0.2, -0.15) is 0 Å². The molecule has 2 aliphatic rings. The molecule has 0 aromatic carbocycles. The maximum absolute atomic E-state index is 3.51. The zero-order valence-corrected chi connectivity index (χ0v) is 9.47. The fraction of sp³-hybridized carbons (Fsp3) is 1.00. The van der Waals surface area contributed by atoms with Crippen LogP contribution < -0.4 is 5.32 Å². The summed E-state index contributed by atoms with van der Waals surface area (Å²) in [5.41, 5.74) is 0. The molecule has 2 atom stereocenters. The van der Waals surface area contributed by atoms with Crippen LogP contribution in [-0.2, 0) is 0 Å². The van der Waals surface area contributed by atoms with Crippen LogP contribution >= 0.6 is 0 Å². The maximum Gasteiger partial charge on any atom is 0.000927 e. The number of piperidine rings is 1. The Morgan fingerprint density at radius 2 is 1.86 bits per heavy atom. The van der Waals surface area contributed by atoms with Crippen molar-refractivity contribution in [2.45, 2.75) is 32.1 Å². The fourth-order valence-electron chi connectivity index (χ4n) is 3.11. The van der Waals surface area contributed by atoms with Crippen LogP contribution in [0.1, 0.15) is 32.1 Å². The number of rotatable bonds is 1. The molecule has 2 nitrogen and oxygen atoms in total. The Morgan fingerprint density at radius 3 is 2.71 bits per heavy atom. The molecule has 2 rings (SSSR count). The van der Waals surface area contributed by atoms with Crippen LogP contribution in [-0.4, -0.2) is 38.1 Å². The largest absolute Gasteiger partial charge is 0.317 e. The van der Waals surface area contributed by atoms with Crippen LogP contribution in [0.15, 0.2) is 0 Å². The van der Waals surface area contributed by atoms with E-state index in [1.807, 2.05) is 0 Å². The number of nitrogens with zero attached hydrogens (tertiary/aromatic N) is 1. The number of likely N-dealkylation sites (tertiary alicyclic amines) is 1. The topological polar surface area (TPSA) is 15.3 Å². The first kappa shape index (κ1) is 10.4. The van der Waals surface area contributed by atoms with Gasteiger partial charge in [0.2, 0.25) is 0 Å². The minimum atomic E-state index is 0.994. The molecule has 2 saturated heterocycles. The third-order valence-corrected chi connectivity index (χ3v) is 3.95. The molecule has 14 heavy (non-hydrogen) atoms. The van der Waals surface area contributed by atoms with Gasteiger partial charge in [0.05, 0.1) is 0 Å². The van der Waals surface area contributed by atoms with Crippen LogP contribution in [0.2, 0.25) is 0 Å². The van der Waals surface area contributed by atoms with Crippen molar-refractivity contribution in [3.8, 4) is 0 Å². The number of nitrogens with one attached hydrogen (secondary N) is 1. The van der Waals surface area contributed by atoms with Gasteiger partial charge in [-0.25, -0.2) is 0 Å². The van der Waals surface area contributed by atoms with Gasteiger partial charge in [-0.3, -0.25) is 0 Å². The van der Waals surface area contributed by atoms with Gasteiger partial charge in [0.25, 0.3) is 0 Å². The van der Waals surface area contributed by atoms with Crippen LogP contribution in [0.3, 0.4) is 0 Å². The molecule has 0 bridgehead atoms. The van der Waals surface area contributed by atoms with E-state index in [1.54, 1.807) is 0 Å². The lowest BCUT2D eigenvalue weighted by Crippen LogP contribution is -2.36. The molecule has 0 spiro atoms. The van der Waals surface area contributed by atoms with Gasteiger partial charge in [-0.1, -0.05) is 0 Å². The highest BCUT2D eigenvalue weighted by atomic mass is 15.1. The molecule has 2 fully saturated rings. The number of hydrogen-bond acceptors (Lipinski definition) is 2. The van der Waals surface area contributed by atoms with E-state index in [0.717, 1.165) is 11.8 Å². The Kier molecular flexibility index (Phi) is 3.82. The molecule has 0 aromatic heterocycles. The van der Waals surface area contributed by atoms with E-state index in [1.165, 1.54) is 58.3 Å². The van der Waals surface area contributed by atoms with E-state index >= 15 is 0 Å². The van der Waals surface area contributed by atoms with E-state index in [4.69, 9.17) is 0 Å². The van der Waals surface area contributed by atoms with Crippen LogP contribution in [0.4, 0.5) is 0 Å². The van der Waals surface area contributed by atoms with E-state index in [9.17, 15) is 0 Å². The van der Waals surface area contributed by atoms with Gasteiger partial charge in [-0.15, -0.1) is 0 Å². The predicted octanol–water partition coefficient (Wildman–Crippen LogP) is 1.72. The Bertz CT molecular complexity index is 162. The van der Waals surface area contributed by atoms with E-state index < -0.39 is 0 Å². The Labute approximate surface area is 88.1 Å². The summed E-state index contributed by atoms with van der Waals surface area (Å²) in [6.45, 7) is 5.18. The van der Waals surface area contributed by atoms with E-state index in [2.05, 4.69) is 17.3 Å².